The minimum atomic E-state index is -0.465. The third kappa shape index (κ3) is 3.14. The van der Waals surface area contributed by atoms with E-state index in [0.29, 0.717) is 16.6 Å². The fourth-order valence-electron chi connectivity index (χ4n) is 1.78. The van der Waals surface area contributed by atoms with Gasteiger partial charge in [0, 0.05) is 16.2 Å². The largest absolute Gasteiger partial charge is 0.448 e. The number of aryl methyl sites for hydroxylation is 2. The number of nitro groups is 1. The topological polar surface area (TPSA) is 65.3 Å². The number of hydrogen-bond acceptors (Lipinski definition) is 4. The maximum Gasteiger partial charge on any atom is 0.312 e. The zero-order valence-corrected chi connectivity index (χ0v) is 12.7. The summed E-state index contributed by atoms with van der Waals surface area (Å²) >= 11 is 3.22. The molecule has 104 valence electrons. The summed E-state index contributed by atoms with van der Waals surface area (Å²) in [4.78, 5) is 15.0. The quantitative estimate of drug-likeness (QED) is 0.612. The molecule has 0 radical (unpaired) electrons. The Hall–Kier alpha value is -1.95. The average molecular weight is 337 g/mol. The van der Waals surface area contributed by atoms with Crippen molar-refractivity contribution in [1.29, 1.82) is 0 Å². The molecule has 2 rings (SSSR count). The molecule has 0 amide bonds. The molecular weight excluding hydrogens is 324 g/mol. The summed E-state index contributed by atoms with van der Waals surface area (Å²) in [7, 11) is 0. The summed E-state index contributed by atoms with van der Waals surface area (Å²) < 4.78 is 6.31. The van der Waals surface area contributed by atoms with Gasteiger partial charge in [-0.1, -0.05) is 22.9 Å². The number of hydrogen-bond donors (Lipinski definition) is 0. The fourth-order valence-corrected chi connectivity index (χ4v) is 2.13. The molecular formula is C14H13BrN2O3. The lowest BCUT2D eigenvalue weighted by Crippen LogP contribution is -1.98. The molecule has 1 aromatic heterocycles. The van der Waals surface area contributed by atoms with Gasteiger partial charge >= 0.3 is 5.69 Å². The van der Waals surface area contributed by atoms with Crippen LogP contribution in [0.15, 0.2) is 34.8 Å². The third-order valence-corrected chi connectivity index (χ3v) is 3.24. The first kappa shape index (κ1) is 14.5. The minimum absolute atomic E-state index is 0.0815. The maximum absolute atomic E-state index is 11.1. The van der Waals surface area contributed by atoms with E-state index >= 15 is 0 Å². The van der Waals surface area contributed by atoms with E-state index in [1.54, 1.807) is 18.2 Å². The normalized spacial score (nSPS) is 10.3. The van der Waals surface area contributed by atoms with Crippen molar-refractivity contribution in [1.82, 2.24) is 4.98 Å². The number of aromatic nitrogens is 1. The SMILES string of the molecule is CCc1nc(C)ccc1Oc1ccc(Br)cc1[N+](=O)[O-]. The van der Waals surface area contributed by atoms with Gasteiger partial charge in [0.1, 0.15) is 5.75 Å². The Labute approximate surface area is 124 Å². The summed E-state index contributed by atoms with van der Waals surface area (Å²) in [5.41, 5.74) is 1.59. The van der Waals surface area contributed by atoms with Gasteiger partial charge in [-0.05, 0) is 37.6 Å². The fraction of sp³-hybridized carbons (Fsp3) is 0.214. The molecule has 0 spiro atoms. The van der Waals surface area contributed by atoms with Gasteiger partial charge in [-0.25, -0.2) is 0 Å². The molecule has 20 heavy (non-hydrogen) atoms. The molecule has 0 unspecified atom stereocenters. The van der Waals surface area contributed by atoms with Gasteiger partial charge in [0.15, 0.2) is 0 Å². The first-order chi connectivity index (χ1) is 9.51. The van der Waals surface area contributed by atoms with Crippen LogP contribution in [-0.2, 0) is 6.42 Å². The van der Waals surface area contributed by atoms with Crippen molar-refractivity contribution in [3.63, 3.8) is 0 Å². The number of pyridine rings is 1. The van der Waals surface area contributed by atoms with Gasteiger partial charge in [0.25, 0.3) is 0 Å². The van der Waals surface area contributed by atoms with Gasteiger partial charge in [0.2, 0.25) is 5.75 Å². The highest BCUT2D eigenvalue weighted by Crippen LogP contribution is 2.34. The van der Waals surface area contributed by atoms with Crippen molar-refractivity contribution in [2.24, 2.45) is 0 Å². The van der Waals surface area contributed by atoms with E-state index < -0.39 is 4.92 Å². The number of rotatable bonds is 4. The third-order valence-electron chi connectivity index (χ3n) is 2.74. The van der Waals surface area contributed by atoms with Crippen LogP contribution in [0, 0.1) is 17.0 Å². The van der Waals surface area contributed by atoms with Crippen molar-refractivity contribution < 1.29 is 9.66 Å². The number of nitro benzene ring substituents is 1. The monoisotopic (exact) mass is 336 g/mol. The Balaban J connectivity index is 2.42. The number of halogens is 1. The molecule has 0 aliphatic rings. The van der Waals surface area contributed by atoms with E-state index in [1.165, 1.54) is 6.07 Å². The van der Waals surface area contributed by atoms with E-state index in [0.717, 1.165) is 11.4 Å². The van der Waals surface area contributed by atoms with Gasteiger partial charge in [-0.15, -0.1) is 0 Å². The summed E-state index contributed by atoms with van der Waals surface area (Å²) in [6, 6.07) is 8.30. The van der Waals surface area contributed by atoms with Gasteiger partial charge < -0.3 is 4.74 Å². The Bertz CT molecular complexity index is 659. The standard InChI is InChI=1S/C14H13BrN2O3/c1-3-11-13(6-4-9(2)16-11)20-14-7-5-10(15)8-12(14)17(18)19/h4-8H,3H2,1-2H3. The predicted molar refractivity (Wildman–Crippen MR) is 79.2 cm³/mol. The number of nitrogens with zero attached hydrogens (tertiary/aromatic N) is 2. The Morgan fingerprint density at radius 1 is 1.30 bits per heavy atom. The highest BCUT2D eigenvalue weighted by molar-refractivity contribution is 9.10. The van der Waals surface area contributed by atoms with E-state index in [2.05, 4.69) is 20.9 Å². The van der Waals surface area contributed by atoms with Gasteiger partial charge in [0.05, 0.1) is 10.6 Å². The molecule has 0 bridgehead atoms. The van der Waals surface area contributed by atoms with E-state index in [9.17, 15) is 10.1 Å². The molecule has 1 heterocycles. The van der Waals surface area contributed by atoms with E-state index in [-0.39, 0.29) is 11.4 Å². The maximum atomic E-state index is 11.1. The van der Waals surface area contributed by atoms with E-state index in [1.807, 2.05) is 19.9 Å². The minimum Gasteiger partial charge on any atom is -0.448 e. The van der Waals surface area contributed by atoms with Crippen molar-refractivity contribution in [3.05, 3.63) is 56.3 Å². The molecule has 0 atom stereocenters. The second-order valence-corrected chi connectivity index (χ2v) is 5.14. The average Bonchev–Trinajstić information content (AvgIpc) is 2.42. The highest BCUT2D eigenvalue weighted by Gasteiger charge is 2.17. The molecule has 0 saturated carbocycles. The lowest BCUT2D eigenvalue weighted by Gasteiger charge is -2.10. The van der Waals surface area contributed by atoms with Crippen molar-refractivity contribution >= 4 is 21.6 Å². The Kier molecular flexibility index (Phi) is 4.34. The molecule has 0 aliphatic carbocycles. The molecule has 6 heteroatoms. The summed E-state index contributed by atoms with van der Waals surface area (Å²) in [5.74, 6) is 0.752. The highest BCUT2D eigenvalue weighted by atomic mass is 79.9. The lowest BCUT2D eigenvalue weighted by molar-refractivity contribution is -0.385. The summed E-state index contributed by atoms with van der Waals surface area (Å²) in [6.45, 7) is 3.86. The molecule has 0 N–H and O–H groups in total. The van der Waals surface area contributed by atoms with Crippen LogP contribution in [0.3, 0.4) is 0 Å². The van der Waals surface area contributed by atoms with Crippen LogP contribution in [-0.4, -0.2) is 9.91 Å². The first-order valence-corrected chi connectivity index (χ1v) is 6.89. The predicted octanol–water partition coefficient (Wildman–Crippen LogP) is 4.42. The van der Waals surface area contributed by atoms with Gasteiger partial charge in [-0.2, -0.15) is 0 Å². The zero-order valence-electron chi connectivity index (χ0n) is 11.1. The first-order valence-electron chi connectivity index (χ1n) is 6.09. The van der Waals surface area contributed by atoms with Crippen LogP contribution >= 0.6 is 15.9 Å². The van der Waals surface area contributed by atoms with Crippen molar-refractivity contribution in [2.45, 2.75) is 20.3 Å². The summed E-state index contributed by atoms with van der Waals surface area (Å²) in [6.07, 6.45) is 0.696. The molecule has 0 aliphatic heterocycles. The van der Waals surface area contributed by atoms with Crippen LogP contribution in [0.25, 0.3) is 0 Å². The van der Waals surface area contributed by atoms with Crippen LogP contribution in [0.5, 0.6) is 11.5 Å². The van der Waals surface area contributed by atoms with Crippen molar-refractivity contribution in [2.75, 3.05) is 0 Å². The smallest absolute Gasteiger partial charge is 0.312 e. The van der Waals surface area contributed by atoms with Gasteiger partial charge in [-0.3, -0.25) is 15.1 Å². The van der Waals surface area contributed by atoms with Crippen LogP contribution in [0.1, 0.15) is 18.3 Å². The van der Waals surface area contributed by atoms with E-state index in [4.69, 9.17) is 4.74 Å². The lowest BCUT2D eigenvalue weighted by atomic mass is 10.2. The number of benzene rings is 1. The summed E-state index contributed by atoms with van der Waals surface area (Å²) in [5, 5.41) is 11.1. The van der Waals surface area contributed by atoms with Crippen molar-refractivity contribution in [3.8, 4) is 11.5 Å². The molecule has 5 nitrogen and oxygen atoms in total. The Morgan fingerprint density at radius 3 is 2.65 bits per heavy atom. The molecule has 2 aromatic rings. The molecule has 0 saturated heterocycles. The molecule has 1 aromatic carbocycles. The number of ether oxygens (including phenoxy) is 1. The van der Waals surface area contributed by atoms with Crippen LogP contribution in [0.2, 0.25) is 0 Å². The Morgan fingerprint density at radius 2 is 2.00 bits per heavy atom. The van der Waals surface area contributed by atoms with Crippen LogP contribution < -0.4 is 4.74 Å². The second-order valence-electron chi connectivity index (χ2n) is 4.22. The molecule has 0 fully saturated rings. The zero-order chi connectivity index (χ0) is 14.7. The second kappa shape index (κ2) is 6.00. The van der Waals surface area contributed by atoms with Crippen LogP contribution in [0.4, 0.5) is 5.69 Å².